The molecule has 0 bridgehead atoms. The van der Waals surface area contributed by atoms with Crippen LogP contribution >= 0.6 is 15.9 Å². The summed E-state index contributed by atoms with van der Waals surface area (Å²) in [6, 6.07) is -0.119. The van der Waals surface area contributed by atoms with Gasteiger partial charge in [-0.2, -0.15) is 5.10 Å². The Morgan fingerprint density at radius 2 is 2.36 bits per heavy atom. The van der Waals surface area contributed by atoms with Crippen molar-refractivity contribution in [1.29, 1.82) is 0 Å². The van der Waals surface area contributed by atoms with Gasteiger partial charge in [-0.25, -0.2) is 0 Å². The summed E-state index contributed by atoms with van der Waals surface area (Å²) >= 11 is 3.43. The second kappa shape index (κ2) is 5.48. The zero-order chi connectivity index (χ0) is 10.6. The Bertz CT molecular complexity index is 288. The van der Waals surface area contributed by atoms with E-state index in [0.717, 1.165) is 16.7 Å². The molecular weight excluding hydrogens is 246 g/mol. The number of halogens is 1. The van der Waals surface area contributed by atoms with Gasteiger partial charge in [0, 0.05) is 13.2 Å². The van der Waals surface area contributed by atoms with E-state index < -0.39 is 0 Å². The second-order valence-corrected chi connectivity index (χ2v) is 3.81. The second-order valence-electron chi connectivity index (χ2n) is 2.96. The normalized spacial score (nSPS) is 13.1. The van der Waals surface area contributed by atoms with Gasteiger partial charge in [0.1, 0.15) is 0 Å². The largest absolute Gasteiger partial charge is 0.380 e. The fraction of sp³-hybridized carbons (Fsp3) is 0.667. The lowest BCUT2D eigenvalue weighted by molar-refractivity contribution is 0.131. The molecule has 2 N–H and O–H groups in total. The zero-order valence-corrected chi connectivity index (χ0v) is 10.1. The van der Waals surface area contributed by atoms with Crippen molar-refractivity contribution >= 4 is 15.9 Å². The molecule has 1 aromatic heterocycles. The van der Waals surface area contributed by atoms with Crippen LogP contribution in [0.1, 0.15) is 25.6 Å². The van der Waals surface area contributed by atoms with Crippen LogP contribution in [0.5, 0.6) is 0 Å². The fourth-order valence-electron chi connectivity index (χ4n) is 1.32. The lowest BCUT2D eigenvalue weighted by Gasteiger charge is -2.13. The summed E-state index contributed by atoms with van der Waals surface area (Å²) in [6.07, 6.45) is 1.77. The van der Waals surface area contributed by atoms with Gasteiger partial charge in [-0.15, -0.1) is 0 Å². The van der Waals surface area contributed by atoms with E-state index in [4.69, 9.17) is 10.5 Å². The highest BCUT2D eigenvalue weighted by molar-refractivity contribution is 9.10. The molecule has 5 heteroatoms. The first kappa shape index (κ1) is 11.7. The molecule has 0 aromatic carbocycles. The van der Waals surface area contributed by atoms with Gasteiger partial charge >= 0.3 is 0 Å². The number of ether oxygens (including phenoxy) is 1. The molecule has 1 aromatic rings. The fourth-order valence-corrected chi connectivity index (χ4v) is 1.91. The van der Waals surface area contributed by atoms with Crippen LogP contribution in [0.4, 0.5) is 0 Å². The van der Waals surface area contributed by atoms with E-state index >= 15 is 0 Å². The molecule has 1 rings (SSSR count). The number of aromatic nitrogens is 2. The summed E-state index contributed by atoms with van der Waals surface area (Å²) in [5.41, 5.74) is 6.99. The molecule has 1 unspecified atom stereocenters. The minimum absolute atomic E-state index is 0.119. The third-order valence-corrected chi connectivity index (χ3v) is 2.60. The van der Waals surface area contributed by atoms with Crippen molar-refractivity contribution in [2.24, 2.45) is 5.73 Å². The van der Waals surface area contributed by atoms with Crippen molar-refractivity contribution in [3.8, 4) is 0 Å². The Morgan fingerprint density at radius 3 is 2.93 bits per heavy atom. The van der Waals surface area contributed by atoms with Gasteiger partial charge in [-0.1, -0.05) is 0 Å². The Labute approximate surface area is 92.5 Å². The first-order valence-corrected chi connectivity index (χ1v) is 5.54. The first-order valence-electron chi connectivity index (χ1n) is 4.75. The van der Waals surface area contributed by atoms with Gasteiger partial charge in [-0.05, 0) is 29.8 Å². The van der Waals surface area contributed by atoms with Crippen LogP contribution in [-0.4, -0.2) is 23.0 Å². The van der Waals surface area contributed by atoms with Gasteiger partial charge in [0.25, 0.3) is 0 Å². The van der Waals surface area contributed by atoms with Gasteiger partial charge in [0.15, 0.2) is 0 Å². The van der Waals surface area contributed by atoms with Crippen LogP contribution in [0.25, 0.3) is 0 Å². The van der Waals surface area contributed by atoms with E-state index in [-0.39, 0.29) is 6.04 Å². The molecule has 4 nitrogen and oxygen atoms in total. The number of hydrogen-bond donors (Lipinski definition) is 1. The molecule has 0 aliphatic carbocycles. The zero-order valence-electron chi connectivity index (χ0n) is 8.53. The third-order valence-electron chi connectivity index (χ3n) is 1.99. The van der Waals surface area contributed by atoms with Crippen molar-refractivity contribution in [2.75, 3.05) is 13.2 Å². The maximum absolute atomic E-state index is 5.99. The predicted molar refractivity (Wildman–Crippen MR) is 59.0 cm³/mol. The van der Waals surface area contributed by atoms with Crippen LogP contribution < -0.4 is 5.73 Å². The topological polar surface area (TPSA) is 53.1 Å². The van der Waals surface area contributed by atoms with Gasteiger partial charge in [0.2, 0.25) is 0 Å². The Hall–Kier alpha value is -0.390. The SMILES string of the molecule is CCOCC(N)c1c(Br)cnn1CC. The number of hydrogen-bond acceptors (Lipinski definition) is 3. The molecule has 1 heterocycles. The van der Waals surface area contributed by atoms with Gasteiger partial charge in [0.05, 0.1) is 29.0 Å². The minimum atomic E-state index is -0.119. The molecular formula is C9H16BrN3O. The molecule has 1 atom stereocenters. The van der Waals surface area contributed by atoms with Crippen LogP contribution in [0.2, 0.25) is 0 Å². The third kappa shape index (κ3) is 2.56. The van der Waals surface area contributed by atoms with Crippen molar-refractivity contribution in [2.45, 2.75) is 26.4 Å². The van der Waals surface area contributed by atoms with E-state index in [9.17, 15) is 0 Å². The smallest absolute Gasteiger partial charge is 0.0716 e. The average Bonchev–Trinajstić information content (AvgIpc) is 2.56. The Morgan fingerprint density at radius 1 is 1.64 bits per heavy atom. The molecule has 80 valence electrons. The standard InChI is InChI=1S/C9H16BrN3O/c1-3-13-9(7(10)5-12-13)8(11)6-14-4-2/h5,8H,3-4,6,11H2,1-2H3. The number of aryl methyl sites for hydroxylation is 1. The molecule has 0 fully saturated rings. The van der Waals surface area contributed by atoms with Gasteiger partial charge < -0.3 is 10.5 Å². The number of nitrogens with zero attached hydrogens (tertiary/aromatic N) is 2. The van der Waals surface area contributed by atoms with Crippen molar-refractivity contribution in [1.82, 2.24) is 9.78 Å². The van der Waals surface area contributed by atoms with E-state index in [1.54, 1.807) is 6.20 Å². The first-order chi connectivity index (χ1) is 6.70. The molecule has 0 saturated carbocycles. The lowest BCUT2D eigenvalue weighted by Crippen LogP contribution is -2.21. The molecule has 0 aliphatic heterocycles. The maximum Gasteiger partial charge on any atom is 0.0716 e. The summed E-state index contributed by atoms with van der Waals surface area (Å²) in [5.74, 6) is 0. The summed E-state index contributed by atoms with van der Waals surface area (Å²) in [6.45, 7) is 6.03. The van der Waals surface area contributed by atoms with Crippen LogP contribution in [-0.2, 0) is 11.3 Å². The minimum Gasteiger partial charge on any atom is -0.380 e. The van der Waals surface area contributed by atoms with Gasteiger partial charge in [-0.3, -0.25) is 4.68 Å². The van der Waals surface area contributed by atoms with E-state index in [2.05, 4.69) is 21.0 Å². The van der Waals surface area contributed by atoms with Crippen LogP contribution in [0.3, 0.4) is 0 Å². The van der Waals surface area contributed by atoms with E-state index in [1.165, 1.54) is 0 Å². The molecule has 14 heavy (non-hydrogen) atoms. The van der Waals surface area contributed by atoms with Crippen LogP contribution in [0, 0.1) is 0 Å². The maximum atomic E-state index is 5.99. The van der Waals surface area contributed by atoms with Crippen molar-refractivity contribution in [3.63, 3.8) is 0 Å². The highest BCUT2D eigenvalue weighted by Gasteiger charge is 2.15. The molecule has 0 aliphatic rings. The predicted octanol–water partition coefficient (Wildman–Crippen LogP) is 1.70. The summed E-state index contributed by atoms with van der Waals surface area (Å²) < 4.78 is 8.12. The quantitative estimate of drug-likeness (QED) is 0.878. The number of rotatable bonds is 5. The average molecular weight is 262 g/mol. The highest BCUT2D eigenvalue weighted by Crippen LogP contribution is 2.21. The van der Waals surface area contributed by atoms with E-state index in [1.807, 2.05) is 18.5 Å². The summed E-state index contributed by atoms with van der Waals surface area (Å²) in [7, 11) is 0. The highest BCUT2D eigenvalue weighted by atomic mass is 79.9. The summed E-state index contributed by atoms with van der Waals surface area (Å²) in [5, 5.41) is 4.20. The molecule has 0 amide bonds. The van der Waals surface area contributed by atoms with Crippen LogP contribution in [0.15, 0.2) is 10.7 Å². The van der Waals surface area contributed by atoms with E-state index in [0.29, 0.717) is 13.2 Å². The van der Waals surface area contributed by atoms with Crippen molar-refractivity contribution < 1.29 is 4.74 Å². The number of nitrogens with two attached hydrogens (primary N) is 1. The molecule has 0 spiro atoms. The monoisotopic (exact) mass is 261 g/mol. The van der Waals surface area contributed by atoms with Crippen molar-refractivity contribution in [3.05, 3.63) is 16.4 Å². The molecule has 0 radical (unpaired) electrons. The Kier molecular flexibility index (Phi) is 4.57. The summed E-state index contributed by atoms with van der Waals surface area (Å²) in [4.78, 5) is 0. The molecule has 0 saturated heterocycles. The Balaban J connectivity index is 2.76. The lowest BCUT2D eigenvalue weighted by atomic mass is 10.2.